The predicted molar refractivity (Wildman–Crippen MR) is 245 cm³/mol. The largest absolute Gasteiger partial charge is 0.508 e. The van der Waals surface area contributed by atoms with Gasteiger partial charge in [-0.15, -0.1) is 0 Å². The Hall–Kier alpha value is -8.01. The highest BCUT2D eigenvalue weighted by atomic mass is 35.5. The van der Waals surface area contributed by atoms with Crippen LogP contribution in [0.4, 0.5) is 17.2 Å². The van der Waals surface area contributed by atoms with Crippen LogP contribution in [0.25, 0.3) is 44.7 Å². The molecule has 0 unspecified atom stereocenters. The second-order valence-corrected chi connectivity index (χ2v) is 14.8. The minimum atomic E-state index is -0.361. The Bertz CT molecular complexity index is 3080. The number of carbonyl (C=O) groups excluding carboxylic acids is 3. The first-order valence-corrected chi connectivity index (χ1v) is 20.1. The van der Waals surface area contributed by atoms with E-state index in [2.05, 4.69) is 26.4 Å². The number of aromatic nitrogens is 2. The molecule has 6 aromatic rings. The van der Waals surface area contributed by atoms with Crippen molar-refractivity contribution >= 4 is 75.4 Å². The molecular weight excluding hydrogens is 844 g/mol. The van der Waals surface area contributed by atoms with E-state index >= 15 is 0 Å². The zero-order valence-corrected chi connectivity index (χ0v) is 34.8. The molecule has 8 rings (SSSR count). The fourth-order valence-corrected chi connectivity index (χ4v) is 7.26. The van der Waals surface area contributed by atoms with Crippen LogP contribution in [0.3, 0.4) is 0 Å². The first kappa shape index (κ1) is 41.7. The van der Waals surface area contributed by atoms with Crippen molar-refractivity contribution in [2.45, 2.75) is 0 Å². The highest BCUT2D eigenvalue weighted by Crippen LogP contribution is 2.44. The Labute approximate surface area is 369 Å². The lowest BCUT2D eigenvalue weighted by Gasteiger charge is -2.18. The molecule has 2 heterocycles. The number of ether oxygens (including phenoxy) is 2. The number of fused-ring (bicyclic) bond motifs is 2. The van der Waals surface area contributed by atoms with E-state index in [1.807, 2.05) is 12.1 Å². The summed E-state index contributed by atoms with van der Waals surface area (Å²) >= 11 is 11.7. The van der Waals surface area contributed by atoms with Gasteiger partial charge in [-0.2, -0.15) is 5.10 Å². The average molecular weight is 879 g/mol. The van der Waals surface area contributed by atoms with Gasteiger partial charge in [-0.3, -0.25) is 23.9 Å². The van der Waals surface area contributed by atoms with Gasteiger partial charge in [0.1, 0.15) is 41.0 Å². The van der Waals surface area contributed by atoms with Gasteiger partial charge in [0, 0.05) is 75.9 Å². The van der Waals surface area contributed by atoms with Crippen molar-refractivity contribution in [1.82, 2.24) is 15.1 Å². The van der Waals surface area contributed by atoms with Crippen molar-refractivity contribution in [3.05, 3.63) is 160 Å². The third kappa shape index (κ3) is 9.49. The summed E-state index contributed by atoms with van der Waals surface area (Å²) in [6.45, 7) is 0.837. The van der Waals surface area contributed by atoms with Crippen LogP contribution < -0.4 is 36.2 Å². The van der Waals surface area contributed by atoms with Gasteiger partial charge < -0.3 is 40.3 Å². The van der Waals surface area contributed by atoms with Gasteiger partial charge in [0.15, 0.2) is 10.5 Å². The molecular formula is C47H35ClN6O8S. The molecule has 0 bridgehead atoms. The maximum Gasteiger partial charge on any atom is 0.298 e. The number of rotatable bonds is 13. The van der Waals surface area contributed by atoms with Crippen molar-refractivity contribution in [2.75, 3.05) is 29.1 Å². The molecule has 2 aliphatic rings. The monoisotopic (exact) mass is 878 g/mol. The van der Waals surface area contributed by atoms with Crippen molar-refractivity contribution in [2.24, 2.45) is 7.05 Å². The number of benzene rings is 6. The summed E-state index contributed by atoms with van der Waals surface area (Å²) in [5, 5.41) is 27.8. The number of carbonyl (C=O) groups is 3. The lowest BCUT2D eigenvalue weighted by Crippen LogP contribution is -2.32. The van der Waals surface area contributed by atoms with E-state index in [9.17, 15) is 24.3 Å². The molecule has 1 aliphatic carbocycles. The fraction of sp³-hybridized carbons (Fsp3) is 0.0638. The van der Waals surface area contributed by atoms with Crippen LogP contribution in [-0.4, -0.2) is 51.4 Å². The highest BCUT2D eigenvalue weighted by Gasteiger charge is 2.21. The molecule has 16 heteroatoms. The van der Waals surface area contributed by atoms with Crippen molar-refractivity contribution in [3.63, 3.8) is 0 Å². The van der Waals surface area contributed by atoms with E-state index in [-0.39, 0.29) is 40.5 Å². The summed E-state index contributed by atoms with van der Waals surface area (Å²) in [5.74, 6) is 0.763. The third-order valence-electron chi connectivity index (χ3n) is 9.79. The smallest absolute Gasteiger partial charge is 0.298 e. The number of amides is 2. The number of aromatic hydroxyl groups is 1. The van der Waals surface area contributed by atoms with Crippen LogP contribution in [-0.2, 0) is 11.8 Å². The summed E-state index contributed by atoms with van der Waals surface area (Å²) in [5.41, 5.74) is 5.13. The van der Waals surface area contributed by atoms with Gasteiger partial charge in [-0.1, -0.05) is 41.9 Å². The van der Waals surface area contributed by atoms with E-state index < -0.39 is 0 Å². The van der Waals surface area contributed by atoms with Crippen LogP contribution >= 0.6 is 23.8 Å². The van der Waals surface area contributed by atoms with E-state index in [1.54, 1.807) is 109 Å². The maximum atomic E-state index is 13.3. The maximum absolute atomic E-state index is 13.3. The molecule has 1 aromatic heterocycles. The zero-order chi connectivity index (χ0) is 44.0. The zero-order valence-electron chi connectivity index (χ0n) is 33.2. The van der Waals surface area contributed by atoms with Crippen molar-refractivity contribution in [3.8, 4) is 51.0 Å². The number of halogens is 1. The van der Waals surface area contributed by atoms with Crippen molar-refractivity contribution in [1.29, 1.82) is 0 Å². The molecule has 0 radical (unpaired) electrons. The number of aryl methyl sites for hydroxylation is 1. The Balaban J connectivity index is 0.857. The summed E-state index contributed by atoms with van der Waals surface area (Å²) in [7, 11) is 1.72. The van der Waals surface area contributed by atoms with E-state index in [4.69, 9.17) is 37.7 Å². The summed E-state index contributed by atoms with van der Waals surface area (Å²) < 4.78 is 18.9. The molecule has 0 saturated heterocycles. The van der Waals surface area contributed by atoms with E-state index in [0.29, 0.717) is 91.2 Å². The molecule has 0 fully saturated rings. The lowest BCUT2D eigenvalue weighted by molar-refractivity contribution is -0.120. The molecule has 1 aliphatic heterocycles. The SMILES string of the molecule is Cn1nc(-c2ccc(NC(=O)c3ccccc3Cl)cc2)cc1NC(=O)c1cccc(OCCNC(=S)Nc2ccc(-c3c4ccc(=O)cc-4oc4cc(O)ccc34)c(OC=O)c2)c1. The molecule has 5 aromatic carbocycles. The topological polar surface area (TPSA) is 186 Å². The minimum Gasteiger partial charge on any atom is -0.508 e. The van der Waals surface area contributed by atoms with Gasteiger partial charge >= 0.3 is 0 Å². The third-order valence-corrected chi connectivity index (χ3v) is 10.4. The second-order valence-electron chi connectivity index (χ2n) is 14.0. The molecule has 2 amide bonds. The Kier molecular flexibility index (Phi) is 12.1. The number of anilines is 3. The highest BCUT2D eigenvalue weighted by molar-refractivity contribution is 7.80. The van der Waals surface area contributed by atoms with Crippen LogP contribution in [0.15, 0.2) is 143 Å². The summed E-state index contributed by atoms with van der Waals surface area (Å²) in [4.78, 5) is 49.8. The van der Waals surface area contributed by atoms with E-state index in [1.165, 1.54) is 24.3 Å². The molecule has 0 saturated carbocycles. The molecule has 14 nitrogen and oxygen atoms in total. The predicted octanol–water partition coefficient (Wildman–Crippen LogP) is 8.73. The van der Waals surface area contributed by atoms with Gasteiger partial charge in [-0.25, -0.2) is 0 Å². The quantitative estimate of drug-likeness (QED) is 0.0322. The normalized spacial score (nSPS) is 10.9. The minimum absolute atomic E-state index is 0.0141. The van der Waals surface area contributed by atoms with E-state index in [0.717, 1.165) is 5.56 Å². The Morgan fingerprint density at radius 3 is 2.44 bits per heavy atom. The van der Waals surface area contributed by atoms with Gasteiger partial charge in [0.05, 0.1) is 22.8 Å². The van der Waals surface area contributed by atoms with Gasteiger partial charge in [-0.05, 0) is 91.1 Å². The standard InChI is InChI=1S/C47H35ClN6O8S/c1-54-43(25-39(53-54)27-9-11-29(12-10-27)50-46(59)34-7-2-3-8-38(34)48)52-45(58)28-5-4-6-33(21-28)60-20-19-49-47(63)51-30-13-16-35(40(22-30)61-26-55)44-36-17-14-31(56)23-41(36)62-42-24-32(57)15-18-37(42)44/h2-18,21-26,56H,19-20H2,1H3,(H,50,59)(H,52,58)(H2,49,51,63). The molecule has 5 N–H and O–H groups in total. The van der Waals surface area contributed by atoms with Crippen molar-refractivity contribution < 1.29 is 33.4 Å². The number of thiocarbonyl (C=S) groups is 1. The van der Waals surface area contributed by atoms with Crippen LogP contribution in [0.1, 0.15) is 20.7 Å². The number of nitrogens with one attached hydrogen (secondary N) is 4. The van der Waals surface area contributed by atoms with Crippen LogP contribution in [0.2, 0.25) is 5.02 Å². The Morgan fingerprint density at radius 2 is 1.63 bits per heavy atom. The number of hydrogen-bond donors (Lipinski definition) is 5. The fourth-order valence-electron chi connectivity index (χ4n) is 6.82. The molecule has 0 atom stereocenters. The lowest BCUT2D eigenvalue weighted by atomic mass is 9.93. The van der Waals surface area contributed by atoms with Gasteiger partial charge in [0.2, 0.25) is 0 Å². The molecule has 0 spiro atoms. The number of nitrogens with zero attached hydrogens (tertiary/aromatic N) is 2. The average Bonchev–Trinajstić information content (AvgIpc) is 3.64. The molecule has 314 valence electrons. The summed E-state index contributed by atoms with van der Waals surface area (Å²) in [6, 6.07) is 36.7. The first-order chi connectivity index (χ1) is 30.5. The van der Waals surface area contributed by atoms with Crippen LogP contribution in [0, 0.1) is 0 Å². The number of hydrogen-bond acceptors (Lipinski definition) is 10. The second kappa shape index (κ2) is 18.3. The summed E-state index contributed by atoms with van der Waals surface area (Å²) in [6.07, 6.45) is 0. The molecule has 63 heavy (non-hydrogen) atoms. The van der Waals surface area contributed by atoms with Gasteiger partial charge in [0.25, 0.3) is 18.3 Å². The van der Waals surface area contributed by atoms with Crippen LogP contribution in [0.5, 0.6) is 17.2 Å². The first-order valence-electron chi connectivity index (χ1n) is 19.3. The Morgan fingerprint density at radius 1 is 0.841 bits per heavy atom. The number of phenols is 1. The number of phenolic OH excluding ortho intramolecular Hbond substituents is 1.